The van der Waals surface area contributed by atoms with Crippen molar-refractivity contribution in [1.29, 1.82) is 0 Å². The molecule has 0 bridgehead atoms. The summed E-state index contributed by atoms with van der Waals surface area (Å²) in [5.41, 5.74) is 9.09. The summed E-state index contributed by atoms with van der Waals surface area (Å²) in [6, 6.07) is 32.4. The molecule has 0 atom stereocenters. The largest absolute Gasteiger partial charge is 0.455 e. The Balaban J connectivity index is 1.48. The number of aryl methyl sites for hydroxylation is 1. The number of pyridine rings is 2. The van der Waals surface area contributed by atoms with Crippen LogP contribution in [0, 0.1) is 6.92 Å². The molecule has 3 aromatic heterocycles. The molecular formula is C35H22I2N2O+2. The third-order valence-electron chi connectivity index (χ3n) is 7.96. The van der Waals surface area contributed by atoms with E-state index in [9.17, 15) is 0 Å². The molecule has 3 nitrogen and oxygen atoms in total. The average molecular weight is 740 g/mol. The lowest BCUT2D eigenvalue weighted by Gasteiger charge is -2.11. The van der Waals surface area contributed by atoms with Crippen LogP contribution in [0.25, 0.3) is 77.8 Å². The molecular weight excluding hydrogens is 718 g/mol. The van der Waals surface area contributed by atoms with Crippen molar-refractivity contribution < 1.29 is 9.98 Å². The normalized spacial score (nSPS) is 12.3. The molecule has 8 aromatic rings. The fraction of sp³-hybridized carbons (Fsp3) is 0.0286. The number of fused-ring (bicyclic) bond motifs is 5. The molecule has 0 fully saturated rings. The Morgan fingerprint density at radius 1 is 0.675 bits per heavy atom. The minimum Gasteiger partial charge on any atom is -0.455 e. The SMILES string of the molecule is Cc1cc2oc3c4ccccc4cc4c5ccc[n+](I)c5c(c1/C=C/c1ccccc1-c1cccc[n+]1I)c2c43. The zero-order chi connectivity index (χ0) is 27.0. The molecule has 5 heteroatoms. The van der Waals surface area contributed by atoms with E-state index >= 15 is 0 Å². The third-order valence-corrected chi connectivity index (χ3v) is 9.60. The second kappa shape index (κ2) is 9.24. The van der Waals surface area contributed by atoms with Crippen molar-refractivity contribution in [3.05, 3.63) is 120 Å². The molecule has 40 heavy (non-hydrogen) atoms. The van der Waals surface area contributed by atoms with E-state index in [1.54, 1.807) is 0 Å². The lowest BCUT2D eigenvalue weighted by atomic mass is 9.90. The van der Waals surface area contributed by atoms with E-state index < -0.39 is 0 Å². The summed E-state index contributed by atoms with van der Waals surface area (Å²) in [5, 5.41) is 8.47. The molecule has 0 radical (unpaired) electrons. The van der Waals surface area contributed by atoms with Crippen molar-refractivity contribution >= 4 is 112 Å². The first-order valence-electron chi connectivity index (χ1n) is 13.2. The zero-order valence-electron chi connectivity index (χ0n) is 21.5. The summed E-state index contributed by atoms with van der Waals surface area (Å²) in [7, 11) is 0. The van der Waals surface area contributed by atoms with E-state index in [1.807, 2.05) is 0 Å². The van der Waals surface area contributed by atoms with Crippen molar-refractivity contribution in [3.63, 3.8) is 0 Å². The Hall–Kier alpha value is -3.56. The lowest BCUT2D eigenvalue weighted by Crippen LogP contribution is -2.21. The van der Waals surface area contributed by atoms with Crippen LogP contribution in [-0.2, 0) is 0 Å². The van der Waals surface area contributed by atoms with Crippen LogP contribution in [0.15, 0.2) is 108 Å². The first kappa shape index (κ1) is 24.3. The summed E-state index contributed by atoms with van der Waals surface area (Å²) in [6.07, 6.45) is 8.77. The number of nitrogens with zero attached hydrogens (tertiary/aromatic N) is 2. The van der Waals surface area contributed by atoms with E-state index in [4.69, 9.17) is 4.42 Å². The predicted octanol–water partition coefficient (Wildman–Crippen LogP) is 9.60. The summed E-state index contributed by atoms with van der Waals surface area (Å²) >= 11 is 4.77. The van der Waals surface area contributed by atoms with Gasteiger partial charge in [-0.2, -0.15) is 0 Å². The van der Waals surface area contributed by atoms with Crippen LogP contribution in [0.5, 0.6) is 0 Å². The van der Waals surface area contributed by atoms with E-state index in [0.29, 0.717) is 0 Å². The molecule has 0 saturated carbocycles. The van der Waals surface area contributed by atoms with Gasteiger partial charge in [0.15, 0.2) is 12.4 Å². The van der Waals surface area contributed by atoms with Crippen LogP contribution in [0.2, 0.25) is 0 Å². The van der Waals surface area contributed by atoms with Crippen molar-refractivity contribution in [2.75, 3.05) is 0 Å². The van der Waals surface area contributed by atoms with Gasteiger partial charge in [0.25, 0.3) is 0 Å². The maximum absolute atomic E-state index is 6.69. The topological polar surface area (TPSA) is 20.9 Å². The molecule has 8 rings (SSSR count). The highest BCUT2D eigenvalue weighted by Gasteiger charge is 2.26. The minimum atomic E-state index is 0.943. The van der Waals surface area contributed by atoms with Crippen LogP contribution in [0.1, 0.15) is 16.7 Å². The average Bonchev–Trinajstić information content (AvgIpc) is 3.35. The summed E-state index contributed by atoms with van der Waals surface area (Å²) in [5.74, 6) is 0. The number of rotatable bonds is 3. The molecule has 3 heterocycles. The van der Waals surface area contributed by atoms with Gasteiger partial charge in [0.05, 0.1) is 16.3 Å². The van der Waals surface area contributed by atoms with Gasteiger partial charge in [0.1, 0.15) is 11.2 Å². The fourth-order valence-corrected chi connectivity index (χ4v) is 7.49. The monoisotopic (exact) mass is 740 g/mol. The third kappa shape index (κ3) is 3.53. The Labute approximate surface area is 258 Å². The van der Waals surface area contributed by atoms with Gasteiger partial charge in [-0.05, 0) is 59.3 Å². The standard InChI is InChI=1S/C35H22I2N2O/c1-21-19-30-33-31(24(21)16-15-22-9-2-4-11-25(22)29-14-6-7-17-38(29)36)34-27(13-8-18-39(34)37)28-20-23-10-3-5-12-26(23)35(40-30)32(28)33/h2-20H,1H3/q+2/b16-15+. The lowest BCUT2D eigenvalue weighted by molar-refractivity contribution is -0.427. The Bertz CT molecular complexity index is 2320. The molecule has 190 valence electrons. The molecule has 0 N–H and O–H groups in total. The molecule has 0 spiro atoms. The van der Waals surface area contributed by atoms with Crippen molar-refractivity contribution in [3.8, 4) is 11.3 Å². The van der Waals surface area contributed by atoms with Crippen LogP contribution >= 0.6 is 45.7 Å². The predicted molar refractivity (Wildman–Crippen MR) is 182 cm³/mol. The first-order valence-corrected chi connectivity index (χ1v) is 15.1. The van der Waals surface area contributed by atoms with E-state index in [1.165, 1.54) is 65.8 Å². The maximum atomic E-state index is 6.69. The minimum absolute atomic E-state index is 0.943. The van der Waals surface area contributed by atoms with Gasteiger partial charge in [-0.25, -0.2) is 0 Å². The molecule has 0 amide bonds. The van der Waals surface area contributed by atoms with Gasteiger partial charge in [-0.1, -0.05) is 54.6 Å². The first-order chi connectivity index (χ1) is 19.6. The second-order valence-electron chi connectivity index (χ2n) is 10.2. The molecule has 0 saturated heterocycles. The van der Waals surface area contributed by atoms with Crippen molar-refractivity contribution in [2.24, 2.45) is 0 Å². The van der Waals surface area contributed by atoms with E-state index in [2.05, 4.69) is 174 Å². The number of furan rings is 1. The zero-order valence-corrected chi connectivity index (χ0v) is 25.8. The molecule has 0 aliphatic heterocycles. The number of benzene rings is 5. The highest BCUT2D eigenvalue weighted by Crippen LogP contribution is 2.46. The van der Waals surface area contributed by atoms with Crippen molar-refractivity contribution in [1.82, 2.24) is 0 Å². The van der Waals surface area contributed by atoms with Gasteiger partial charge >= 0.3 is 45.7 Å². The Kier molecular flexibility index (Phi) is 5.60. The van der Waals surface area contributed by atoms with Gasteiger partial charge in [-0.15, -0.1) is 5.56 Å². The van der Waals surface area contributed by atoms with E-state index in [-0.39, 0.29) is 0 Å². The smallest absolute Gasteiger partial charge is 0.354 e. The Morgan fingerprint density at radius 3 is 2.35 bits per heavy atom. The second-order valence-corrected chi connectivity index (χ2v) is 12.3. The molecule has 5 aromatic carbocycles. The fourth-order valence-electron chi connectivity index (χ4n) is 6.20. The van der Waals surface area contributed by atoms with Crippen LogP contribution in [-0.4, -0.2) is 0 Å². The van der Waals surface area contributed by atoms with Crippen LogP contribution in [0.4, 0.5) is 0 Å². The highest BCUT2D eigenvalue weighted by molar-refractivity contribution is 14.1. The highest BCUT2D eigenvalue weighted by atomic mass is 127. The molecule has 0 aliphatic carbocycles. The van der Waals surface area contributed by atoms with Gasteiger partial charge < -0.3 is 4.42 Å². The quantitative estimate of drug-likeness (QED) is 0.0766. The summed E-state index contributed by atoms with van der Waals surface area (Å²) in [4.78, 5) is 0. The van der Waals surface area contributed by atoms with Crippen LogP contribution in [0.3, 0.4) is 0 Å². The number of halogens is 2. The van der Waals surface area contributed by atoms with Gasteiger partial charge in [0.2, 0.25) is 11.2 Å². The molecule has 0 aliphatic rings. The number of hydrogen-bond acceptors (Lipinski definition) is 1. The Morgan fingerprint density at radius 2 is 1.45 bits per heavy atom. The number of aromatic nitrogens is 2. The van der Waals surface area contributed by atoms with Gasteiger partial charge in [-0.3, -0.25) is 0 Å². The van der Waals surface area contributed by atoms with Gasteiger partial charge in [0, 0.05) is 39.7 Å². The summed E-state index contributed by atoms with van der Waals surface area (Å²) in [6.45, 7) is 2.19. The summed E-state index contributed by atoms with van der Waals surface area (Å²) < 4.78 is 11.1. The van der Waals surface area contributed by atoms with Crippen LogP contribution < -0.4 is 5.56 Å². The van der Waals surface area contributed by atoms with E-state index in [0.717, 1.165) is 16.6 Å². The van der Waals surface area contributed by atoms with Crippen molar-refractivity contribution in [2.45, 2.75) is 6.92 Å². The number of hydrogen-bond donors (Lipinski definition) is 0. The maximum Gasteiger partial charge on any atom is 0.354 e. The molecule has 0 unspecified atom stereocenters.